The number of hydrogen-bond acceptors (Lipinski definition) is 6. The van der Waals surface area contributed by atoms with Crippen LogP contribution in [0, 0.1) is 0 Å². The molecule has 2 N–H and O–H groups in total. The van der Waals surface area contributed by atoms with Crippen LogP contribution in [0.4, 0.5) is 5.69 Å². The maximum absolute atomic E-state index is 13.5. The summed E-state index contributed by atoms with van der Waals surface area (Å²) in [5.74, 6) is -0.753. The quantitative estimate of drug-likeness (QED) is 0.643. The Labute approximate surface area is 192 Å². The molecule has 1 aliphatic carbocycles. The van der Waals surface area contributed by atoms with Gasteiger partial charge in [-0.25, -0.2) is 18.5 Å². The zero-order chi connectivity index (χ0) is 23.8. The summed E-state index contributed by atoms with van der Waals surface area (Å²) in [6.45, 7) is 0. The molecule has 1 unspecified atom stereocenters. The topological polar surface area (TPSA) is 127 Å². The third-order valence-electron chi connectivity index (χ3n) is 6.15. The van der Waals surface area contributed by atoms with E-state index in [1.54, 1.807) is 29.2 Å². The van der Waals surface area contributed by atoms with Gasteiger partial charge in [-0.15, -0.1) is 0 Å². The third kappa shape index (κ3) is 4.49. The SMILES string of the molecule is COc1cccc(C(=O)N(C2CCCC2)C2CC(=O)N(c3ccc(S(N)(=O)=O)cc3)C2=O)c1. The molecule has 1 saturated heterocycles. The summed E-state index contributed by atoms with van der Waals surface area (Å²) in [4.78, 5) is 42.3. The Balaban J connectivity index is 1.66. The average Bonchev–Trinajstić information content (AvgIpc) is 3.42. The smallest absolute Gasteiger partial charge is 0.257 e. The van der Waals surface area contributed by atoms with E-state index in [1.165, 1.54) is 31.4 Å². The summed E-state index contributed by atoms with van der Waals surface area (Å²) in [5, 5.41) is 5.13. The highest BCUT2D eigenvalue weighted by Crippen LogP contribution is 2.33. The molecule has 0 radical (unpaired) electrons. The molecular formula is C23H25N3O6S. The number of imide groups is 1. The van der Waals surface area contributed by atoms with Crippen molar-refractivity contribution in [3.63, 3.8) is 0 Å². The van der Waals surface area contributed by atoms with Crippen LogP contribution in [-0.2, 0) is 19.6 Å². The minimum Gasteiger partial charge on any atom is -0.497 e. The summed E-state index contributed by atoms with van der Waals surface area (Å²) < 4.78 is 28.3. The number of benzene rings is 2. The highest BCUT2D eigenvalue weighted by atomic mass is 32.2. The predicted molar refractivity (Wildman–Crippen MR) is 120 cm³/mol. The van der Waals surface area contributed by atoms with Gasteiger partial charge in [0.25, 0.3) is 11.8 Å². The number of anilines is 1. The third-order valence-corrected chi connectivity index (χ3v) is 7.08. The predicted octanol–water partition coefficient (Wildman–Crippen LogP) is 2.06. The number of nitrogens with zero attached hydrogens (tertiary/aromatic N) is 2. The molecule has 2 aromatic rings. The molecule has 1 heterocycles. The largest absolute Gasteiger partial charge is 0.497 e. The van der Waals surface area contributed by atoms with Gasteiger partial charge in [-0.3, -0.25) is 14.4 Å². The van der Waals surface area contributed by atoms with Gasteiger partial charge in [-0.2, -0.15) is 0 Å². The van der Waals surface area contributed by atoms with E-state index in [-0.39, 0.29) is 29.0 Å². The van der Waals surface area contributed by atoms with E-state index in [1.807, 2.05) is 0 Å². The van der Waals surface area contributed by atoms with E-state index in [0.717, 1.165) is 30.6 Å². The lowest BCUT2D eigenvalue weighted by atomic mass is 10.1. The Morgan fingerprint density at radius 2 is 1.76 bits per heavy atom. The first-order chi connectivity index (χ1) is 15.7. The van der Waals surface area contributed by atoms with Crippen LogP contribution < -0.4 is 14.8 Å². The molecule has 1 aliphatic heterocycles. The summed E-state index contributed by atoms with van der Waals surface area (Å²) >= 11 is 0. The lowest BCUT2D eigenvalue weighted by Gasteiger charge is -2.33. The number of amides is 3. The fourth-order valence-corrected chi connectivity index (χ4v) is 5.05. The Morgan fingerprint density at radius 3 is 2.36 bits per heavy atom. The Bertz CT molecular complexity index is 1190. The molecule has 0 aromatic heterocycles. The zero-order valence-electron chi connectivity index (χ0n) is 18.1. The lowest BCUT2D eigenvalue weighted by molar-refractivity contribution is -0.123. The second kappa shape index (κ2) is 8.95. The van der Waals surface area contributed by atoms with Crippen molar-refractivity contribution >= 4 is 33.4 Å². The van der Waals surface area contributed by atoms with Gasteiger partial charge in [0.2, 0.25) is 15.9 Å². The van der Waals surface area contributed by atoms with E-state index in [2.05, 4.69) is 0 Å². The molecule has 174 valence electrons. The van der Waals surface area contributed by atoms with Crippen LogP contribution in [0.15, 0.2) is 53.4 Å². The van der Waals surface area contributed by atoms with Crippen molar-refractivity contribution in [3.8, 4) is 5.75 Å². The fraction of sp³-hybridized carbons (Fsp3) is 0.348. The van der Waals surface area contributed by atoms with Crippen LogP contribution >= 0.6 is 0 Å². The Hall–Kier alpha value is -3.24. The number of ether oxygens (including phenoxy) is 1. The van der Waals surface area contributed by atoms with Gasteiger partial charge in [0, 0.05) is 11.6 Å². The number of carbonyl (C=O) groups is 3. The number of nitrogens with two attached hydrogens (primary N) is 1. The van der Waals surface area contributed by atoms with Crippen molar-refractivity contribution in [1.82, 2.24) is 4.90 Å². The molecule has 9 nitrogen and oxygen atoms in total. The summed E-state index contributed by atoms with van der Waals surface area (Å²) in [6.07, 6.45) is 3.27. The molecule has 0 bridgehead atoms. The maximum atomic E-state index is 13.5. The van der Waals surface area contributed by atoms with E-state index < -0.39 is 27.9 Å². The average molecular weight is 472 g/mol. The molecule has 33 heavy (non-hydrogen) atoms. The molecule has 1 atom stereocenters. The molecular weight excluding hydrogens is 446 g/mol. The number of methoxy groups -OCH3 is 1. The number of rotatable bonds is 6. The molecule has 3 amide bonds. The highest BCUT2D eigenvalue weighted by Gasteiger charge is 2.47. The van der Waals surface area contributed by atoms with Gasteiger partial charge in [-0.1, -0.05) is 18.9 Å². The first-order valence-corrected chi connectivity index (χ1v) is 12.2. The van der Waals surface area contributed by atoms with Crippen LogP contribution in [0.2, 0.25) is 0 Å². The van der Waals surface area contributed by atoms with Crippen molar-refractivity contribution in [1.29, 1.82) is 0 Å². The summed E-state index contributed by atoms with van der Waals surface area (Å²) in [7, 11) is -2.39. The van der Waals surface area contributed by atoms with Crippen LogP contribution in [0.25, 0.3) is 0 Å². The monoisotopic (exact) mass is 471 g/mol. The minimum absolute atomic E-state index is 0.123. The number of hydrogen-bond donors (Lipinski definition) is 1. The van der Waals surface area contributed by atoms with Gasteiger partial charge in [0.1, 0.15) is 11.8 Å². The number of carbonyl (C=O) groups excluding carboxylic acids is 3. The van der Waals surface area contributed by atoms with Gasteiger partial charge < -0.3 is 9.64 Å². The second-order valence-electron chi connectivity index (χ2n) is 8.21. The molecule has 10 heteroatoms. The van der Waals surface area contributed by atoms with Gasteiger partial charge >= 0.3 is 0 Å². The maximum Gasteiger partial charge on any atom is 0.257 e. The van der Waals surface area contributed by atoms with Crippen molar-refractivity contribution in [2.75, 3.05) is 12.0 Å². The summed E-state index contributed by atoms with van der Waals surface area (Å²) in [6, 6.07) is 10.9. The zero-order valence-corrected chi connectivity index (χ0v) is 19.0. The molecule has 0 spiro atoms. The molecule has 2 fully saturated rings. The number of primary sulfonamides is 1. The minimum atomic E-state index is -3.90. The first-order valence-electron chi connectivity index (χ1n) is 10.7. The molecule has 1 saturated carbocycles. The van der Waals surface area contributed by atoms with Gasteiger partial charge in [-0.05, 0) is 55.3 Å². The van der Waals surface area contributed by atoms with Gasteiger partial charge in [0.05, 0.1) is 24.1 Å². The van der Waals surface area contributed by atoms with Crippen LogP contribution in [-0.4, -0.2) is 50.2 Å². The molecule has 4 rings (SSSR count). The van der Waals surface area contributed by atoms with Crippen LogP contribution in [0.5, 0.6) is 5.75 Å². The first kappa shape index (κ1) is 22.9. The van der Waals surface area contributed by atoms with Crippen molar-refractivity contribution in [2.45, 2.75) is 49.1 Å². The summed E-state index contributed by atoms with van der Waals surface area (Å²) in [5.41, 5.74) is 0.623. The molecule has 2 aromatic carbocycles. The number of sulfonamides is 1. The van der Waals surface area contributed by atoms with E-state index in [4.69, 9.17) is 9.88 Å². The standard InChI is InChI=1S/C23H25N3O6S/c1-32-18-8-4-5-15(13-18)22(28)25(16-6-2-3-7-16)20-14-21(27)26(23(20)29)17-9-11-19(12-10-17)33(24,30)31/h4-5,8-13,16,20H,2-3,6-7,14H2,1H3,(H2,24,30,31). The molecule has 2 aliphatic rings. The Morgan fingerprint density at radius 1 is 1.09 bits per heavy atom. The van der Waals surface area contributed by atoms with Gasteiger partial charge in [0.15, 0.2) is 0 Å². The van der Waals surface area contributed by atoms with Crippen molar-refractivity contribution < 1.29 is 27.5 Å². The van der Waals surface area contributed by atoms with Crippen molar-refractivity contribution in [2.24, 2.45) is 5.14 Å². The Kier molecular flexibility index (Phi) is 6.22. The highest BCUT2D eigenvalue weighted by molar-refractivity contribution is 7.89. The van der Waals surface area contributed by atoms with E-state index >= 15 is 0 Å². The normalized spacial score (nSPS) is 19.2. The second-order valence-corrected chi connectivity index (χ2v) is 9.77. The van der Waals surface area contributed by atoms with Crippen LogP contribution in [0.1, 0.15) is 42.5 Å². The fourth-order valence-electron chi connectivity index (χ4n) is 4.54. The van der Waals surface area contributed by atoms with E-state index in [0.29, 0.717) is 11.3 Å². The van der Waals surface area contributed by atoms with E-state index in [9.17, 15) is 22.8 Å². The van der Waals surface area contributed by atoms with Crippen molar-refractivity contribution in [3.05, 3.63) is 54.1 Å². The lowest BCUT2D eigenvalue weighted by Crippen LogP contribution is -2.50. The van der Waals surface area contributed by atoms with Crippen LogP contribution in [0.3, 0.4) is 0 Å².